The van der Waals surface area contributed by atoms with Crippen molar-refractivity contribution in [3.63, 3.8) is 0 Å². The number of carbonyl (C=O) groups is 1. The lowest BCUT2D eigenvalue weighted by Gasteiger charge is -2.34. The molecule has 0 saturated heterocycles. The van der Waals surface area contributed by atoms with Crippen LogP contribution in [-0.2, 0) is 11.2 Å². The Hall–Kier alpha value is -1.54. The van der Waals surface area contributed by atoms with Gasteiger partial charge in [0.05, 0.1) is 5.25 Å². The Morgan fingerprint density at radius 1 is 0.950 bits per heavy atom. The number of carbonyl (C=O) groups excluding carboxylic acids is 1. The number of hydrogen-bond acceptors (Lipinski definition) is 2. The number of Topliss-reactive ketones (excluding diaryl/α,β-unsaturated/α-hetero) is 1. The molecule has 0 heterocycles. The molecule has 2 atom stereocenters. The summed E-state index contributed by atoms with van der Waals surface area (Å²) in [4.78, 5) is 13.0. The molecule has 2 aromatic carbocycles. The Morgan fingerprint density at radius 2 is 1.60 bits per heavy atom. The first-order valence-corrected chi connectivity index (χ1v) is 7.99. The molecule has 1 fully saturated rings. The summed E-state index contributed by atoms with van der Waals surface area (Å²) in [5.41, 5.74) is 1.37. The lowest BCUT2D eigenvalue weighted by atomic mass is 9.79. The Balaban J connectivity index is 1.56. The van der Waals surface area contributed by atoms with E-state index in [4.69, 9.17) is 0 Å². The van der Waals surface area contributed by atoms with Gasteiger partial charge < -0.3 is 0 Å². The highest BCUT2D eigenvalue weighted by molar-refractivity contribution is 8.00. The van der Waals surface area contributed by atoms with E-state index in [-0.39, 0.29) is 5.25 Å². The minimum absolute atomic E-state index is 0.168. The molecular weight excluding hydrogens is 264 g/mol. The molecule has 0 aliphatic heterocycles. The summed E-state index contributed by atoms with van der Waals surface area (Å²) in [7, 11) is 0. The van der Waals surface area contributed by atoms with Crippen molar-refractivity contribution in [2.45, 2.75) is 29.4 Å². The molecule has 0 aromatic heterocycles. The maximum Gasteiger partial charge on any atom is 0.146 e. The lowest BCUT2D eigenvalue weighted by Crippen LogP contribution is -2.40. The number of aryl methyl sites for hydroxylation is 1. The highest BCUT2D eigenvalue weighted by atomic mass is 32.2. The summed E-state index contributed by atoms with van der Waals surface area (Å²) < 4.78 is 0. The van der Waals surface area contributed by atoms with Crippen molar-refractivity contribution >= 4 is 17.5 Å². The molecule has 2 heteroatoms. The fourth-order valence-corrected chi connectivity index (χ4v) is 3.90. The smallest absolute Gasteiger partial charge is 0.146 e. The second-order valence-electron chi connectivity index (χ2n) is 5.31. The highest BCUT2D eigenvalue weighted by Crippen LogP contribution is 2.40. The zero-order chi connectivity index (χ0) is 13.8. The van der Waals surface area contributed by atoms with Gasteiger partial charge in [-0.15, -0.1) is 11.8 Å². The summed E-state index contributed by atoms with van der Waals surface area (Å²) >= 11 is 1.73. The van der Waals surface area contributed by atoms with Gasteiger partial charge in [-0.25, -0.2) is 0 Å². The van der Waals surface area contributed by atoms with Gasteiger partial charge in [0.25, 0.3) is 0 Å². The first-order valence-electron chi connectivity index (χ1n) is 7.11. The minimum atomic E-state index is 0.168. The van der Waals surface area contributed by atoms with Crippen LogP contribution in [0.5, 0.6) is 0 Å². The second kappa shape index (κ2) is 6.27. The molecule has 102 valence electrons. The van der Waals surface area contributed by atoms with E-state index in [2.05, 4.69) is 36.4 Å². The van der Waals surface area contributed by atoms with Gasteiger partial charge in [0.15, 0.2) is 0 Å². The fourth-order valence-electron chi connectivity index (χ4n) is 2.64. The van der Waals surface area contributed by atoms with Gasteiger partial charge in [-0.2, -0.15) is 0 Å². The summed E-state index contributed by atoms with van der Waals surface area (Å²) in [6.45, 7) is 0. The van der Waals surface area contributed by atoms with E-state index in [0.717, 1.165) is 19.3 Å². The standard InChI is InChI=1S/C18H18OS/c19-17-13-15(12-11-14-7-3-1-4-8-14)18(17)20-16-9-5-2-6-10-16/h1-10,15,18H,11-13H2/t15-,18-/m0/s1. The average Bonchev–Trinajstić information content (AvgIpc) is 2.51. The largest absolute Gasteiger partial charge is 0.298 e. The van der Waals surface area contributed by atoms with E-state index in [1.54, 1.807) is 11.8 Å². The van der Waals surface area contributed by atoms with Crippen molar-refractivity contribution in [3.8, 4) is 0 Å². The van der Waals surface area contributed by atoms with Gasteiger partial charge in [0.1, 0.15) is 5.78 Å². The molecule has 3 rings (SSSR count). The monoisotopic (exact) mass is 282 g/mol. The Morgan fingerprint density at radius 3 is 2.25 bits per heavy atom. The molecule has 1 aliphatic carbocycles. The van der Waals surface area contributed by atoms with Crippen LogP contribution in [0, 0.1) is 5.92 Å². The van der Waals surface area contributed by atoms with Crippen molar-refractivity contribution in [1.82, 2.24) is 0 Å². The van der Waals surface area contributed by atoms with Crippen molar-refractivity contribution in [2.75, 3.05) is 0 Å². The normalized spacial score (nSPS) is 21.5. The zero-order valence-corrected chi connectivity index (χ0v) is 12.2. The second-order valence-corrected chi connectivity index (χ2v) is 6.52. The topological polar surface area (TPSA) is 17.1 Å². The minimum Gasteiger partial charge on any atom is -0.298 e. The van der Waals surface area contributed by atoms with Gasteiger partial charge in [0, 0.05) is 11.3 Å². The first-order chi connectivity index (χ1) is 9.83. The molecule has 0 unspecified atom stereocenters. The summed E-state index contributed by atoms with van der Waals surface area (Å²) in [5.74, 6) is 0.949. The van der Waals surface area contributed by atoms with Crippen LogP contribution < -0.4 is 0 Å². The summed E-state index contributed by atoms with van der Waals surface area (Å²) in [6.07, 6.45) is 2.95. The third-order valence-electron chi connectivity index (χ3n) is 3.86. The molecule has 20 heavy (non-hydrogen) atoms. The highest BCUT2D eigenvalue weighted by Gasteiger charge is 2.39. The zero-order valence-electron chi connectivity index (χ0n) is 11.4. The number of rotatable bonds is 5. The van der Waals surface area contributed by atoms with Crippen LogP contribution in [0.15, 0.2) is 65.6 Å². The van der Waals surface area contributed by atoms with Crippen LogP contribution in [0.2, 0.25) is 0 Å². The number of benzene rings is 2. The van der Waals surface area contributed by atoms with E-state index in [0.29, 0.717) is 11.7 Å². The quantitative estimate of drug-likeness (QED) is 0.810. The van der Waals surface area contributed by atoms with E-state index >= 15 is 0 Å². The Labute approximate surface area is 124 Å². The molecule has 0 bridgehead atoms. The van der Waals surface area contributed by atoms with Crippen molar-refractivity contribution in [2.24, 2.45) is 5.92 Å². The molecule has 0 amide bonds. The van der Waals surface area contributed by atoms with Crippen LogP contribution in [0.4, 0.5) is 0 Å². The fraction of sp³-hybridized carbons (Fsp3) is 0.278. The Bertz CT molecular complexity index is 564. The van der Waals surface area contributed by atoms with Gasteiger partial charge >= 0.3 is 0 Å². The van der Waals surface area contributed by atoms with Crippen LogP contribution >= 0.6 is 11.8 Å². The molecule has 1 nitrogen and oxygen atoms in total. The molecular formula is C18H18OS. The number of hydrogen-bond donors (Lipinski definition) is 0. The van der Waals surface area contributed by atoms with Crippen LogP contribution in [0.25, 0.3) is 0 Å². The van der Waals surface area contributed by atoms with Crippen molar-refractivity contribution < 1.29 is 4.79 Å². The Kier molecular flexibility index (Phi) is 4.22. The van der Waals surface area contributed by atoms with E-state index < -0.39 is 0 Å². The lowest BCUT2D eigenvalue weighted by molar-refractivity contribution is -0.126. The average molecular weight is 282 g/mol. The maximum atomic E-state index is 11.8. The van der Waals surface area contributed by atoms with Gasteiger partial charge in [-0.1, -0.05) is 48.5 Å². The predicted octanol–water partition coefficient (Wildman–Crippen LogP) is 4.37. The van der Waals surface area contributed by atoms with Crippen LogP contribution in [0.3, 0.4) is 0 Å². The number of thioether (sulfide) groups is 1. The molecule has 0 radical (unpaired) electrons. The third-order valence-corrected chi connectivity index (χ3v) is 5.31. The molecule has 0 spiro atoms. The van der Waals surface area contributed by atoms with Crippen molar-refractivity contribution in [1.29, 1.82) is 0 Å². The molecule has 0 N–H and O–H groups in total. The molecule has 1 saturated carbocycles. The van der Waals surface area contributed by atoms with E-state index in [9.17, 15) is 4.79 Å². The first kappa shape index (κ1) is 13.4. The van der Waals surface area contributed by atoms with Crippen LogP contribution in [0.1, 0.15) is 18.4 Å². The van der Waals surface area contributed by atoms with Gasteiger partial charge in [0.2, 0.25) is 0 Å². The summed E-state index contributed by atoms with van der Waals surface area (Å²) in [6, 6.07) is 20.8. The van der Waals surface area contributed by atoms with E-state index in [1.165, 1.54) is 10.5 Å². The molecule has 1 aliphatic rings. The van der Waals surface area contributed by atoms with Crippen molar-refractivity contribution in [3.05, 3.63) is 66.2 Å². The SMILES string of the molecule is O=C1C[C@H](CCc2ccccc2)[C@@H]1Sc1ccccc1. The van der Waals surface area contributed by atoms with Crippen LogP contribution in [-0.4, -0.2) is 11.0 Å². The van der Waals surface area contributed by atoms with E-state index in [1.807, 2.05) is 24.3 Å². The van der Waals surface area contributed by atoms with Gasteiger partial charge in [-0.05, 0) is 36.5 Å². The summed E-state index contributed by atoms with van der Waals surface area (Å²) in [5, 5.41) is 0.168. The number of ketones is 1. The third kappa shape index (κ3) is 3.13. The molecule has 2 aromatic rings. The maximum absolute atomic E-state index is 11.8. The van der Waals surface area contributed by atoms with Gasteiger partial charge in [-0.3, -0.25) is 4.79 Å². The predicted molar refractivity (Wildman–Crippen MR) is 84.0 cm³/mol.